The van der Waals surface area contributed by atoms with Gasteiger partial charge in [0.15, 0.2) is 11.5 Å². The SMILES string of the molecule is [C-]#[N+]c1ccc2c(c1)c1cc(-c3c4ccccc4c(-c4nc(-c5ccccc5)cc(-c5ccccc5)n4)c4ccccc34)ccc1n2-c1ccc2ccccc2c1. The van der Waals surface area contributed by atoms with E-state index < -0.39 is 0 Å². The van der Waals surface area contributed by atoms with Gasteiger partial charge in [0.05, 0.1) is 29.0 Å². The van der Waals surface area contributed by atoms with E-state index in [0.29, 0.717) is 11.5 Å². The fourth-order valence-electron chi connectivity index (χ4n) is 8.58. The molecular weight excluding hydrogens is 693 g/mol. The van der Waals surface area contributed by atoms with E-state index in [1.54, 1.807) is 0 Å². The van der Waals surface area contributed by atoms with E-state index >= 15 is 0 Å². The van der Waals surface area contributed by atoms with Crippen LogP contribution in [0.3, 0.4) is 0 Å². The van der Waals surface area contributed by atoms with Crippen LogP contribution < -0.4 is 0 Å². The van der Waals surface area contributed by atoms with Crippen molar-refractivity contribution in [3.05, 3.63) is 206 Å². The molecule has 9 aromatic carbocycles. The normalized spacial score (nSPS) is 11.5. The van der Waals surface area contributed by atoms with E-state index in [2.05, 4.69) is 179 Å². The summed E-state index contributed by atoms with van der Waals surface area (Å²) >= 11 is 0. The minimum absolute atomic E-state index is 0.623. The predicted octanol–water partition coefficient (Wildman–Crippen LogP) is 14.3. The Morgan fingerprint density at radius 2 is 0.912 bits per heavy atom. The largest absolute Gasteiger partial charge is 0.309 e. The lowest BCUT2D eigenvalue weighted by Gasteiger charge is -2.18. The van der Waals surface area contributed by atoms with Gasteiger partial charge in [0.25, 0.3) is 0 Å². The molecule has 0 spiro atoms. The Balaban J connectivity index is 1.18. The van der Waals surface area contributed by atoms with E-state index in [1.165, 1.54) is 10.8 Å². The fraction of sp³-hybridized carbons (Fsp3) is 0. The minimum atomic E-state index is 0.623. The van der Waals surface area contributed by atoms with E-state index in [9.17, 15) is 0 Å². The third-order valence-corrected chi connectivity index (χ3v) is 11.2. The highest BCUT2D eigenvalue weighted by molar-refractivity contribution is 6.22. The van der Waals surface area contributed by atoms with Crippen LogP contribution in [-0.2, 0) is 0 Å². The Morgan fingerprint density at radius 1 is 0.386 bits per heavy atom. The van der Waals surface area contributed by atoms with Crippen molar-refractivity contribution in [1.29, 1.82) is 0 Å². The Labute approximate surface area is 329 Å². The Bertz CT molecular complexity index is 3300. The van der Waals surface area contributed by atoms with Crippen molar-refractivity contribution in [3.63, 3.8) is 0 Å². The summed E-state index contributed by atoms with van der Waals surface area (Å²) in [6.07, 6.45) is 0. The first-order valence-corrected chi connectivity index (χ1v) is 19.1. The molecule has 0 N–H and O–H groups in total. The van der Waals surface area contributed by atoms with Crippen molar-refractivity contribution >= 4 is 59.8 Å². The van der Waals surface area contributed by atoms with Crippen LogP contribution in [0.4, 0.5) is 5.69 Å². The zero-order valence-corrected chi connectivity index (χ0v) is 30.8. The molecule has 11 rings (SSSR count). The Hall–Kier alpha value is -7.87. The number of rotatable bonds is 5. The number of hydrogen-bond acceptors (Lipinski definition) is 2. The van der Waals surface area contributed by atoms with Crippen molar-refractivity contribution in [1.82, 2.24) is 14.5 Å². The van der Waals surface area contributed by atoms with Crippen molar-refractivity contribution in [3.8, 4) is 50.7 Å². The first-order chi connectivity index (χ1) is 28.2. The highest BCUT2D eigenvalue weighted by atomic mass is 15.0. The summed E-state index contributed by atoms with van der Waals surface area (Å²) in [5, 5.41) is 8.97. The van der Waals surface area contributed by atoms with Crippen LogP contribution in [0.2, 0.25) is 0 Å². The zero-order valence-electron chi connectivity index (χ0n) is 30.8. The van der Waals surface area contributed by atoms with Gasteiger partial charge in [-0.3, -0.25) is 0 Å². The molecule has 4 heteroatoms. The van der Waals surface area contributed by atoms with Gasteiger partial charge >= 0.3 is 0 Å². The number of benzene rings is 9. The van der Waals surface area contributed by atoms with Crippen molar-refractivity contribution in [2.45, 2.75) is 0 Å². The molecule has 2 aromatic heterocycles. The topological polar surface area (TPSA) is 35.1 Å². The van der Waals surface area contributed by atoms with Crippen LogP contribution in [0, 0.1) is 6.57 Å². The molecule has 0 atom stereocenters. The van der Waals surface area contributed by atoms with Crippen LogP contribution in [0.15, 0.2) is 194 Å². The van der Waals surface area contributed by atoms with Crippen LogP contribution in [0.5, 0.6) is 0 Å². The monoisotopic (exact) mass is 724 g/mol. The summed E-state index contributed by atoms with van der Waals surface area (Å²) < 4.78 is 2.33. The number of fused-ring (bicyclic) bond motifs is 6. The summed E-state index contributed by atoms with van der Waals surface area (Å²) in [7, 11) is 0. The van der Waals surface area contributed by atoms with Gasteiger partial charge in [-0.1, -0.05) is 152 Å². The Morgan fingerprint density at radius 3 is 1.53 bits per heavy atom. The molecule has 0 unspecified atom stereocenters. The van der Waals surface area contributed by atoms with E-state index in [0.717, 1.165) is 88.2 Å². The van der Waals surface area contributed by atoms with Gasteiger partial charge in [-0.15, -0.1) is 0 Å². The molecule has 264 valence electrons. The predicted molar refractivity (Wildman–Crippen MR) is 237 cm³/mol. The average Bonchev–Trinajstić information content (AvgIpc) is 3.61. The van der Waals surface area contributed by atoms with Crippen molar-refractivity contribution in [2.75, 3.05) is 0 Å². The van der Waals surface area contributed by atoms with Crippen LogP contribution in [0.25, 0.3) is 110 Å². The van der Waals surface area contributed by atoms with Crippen molar-refractivity contribution in [2.24, 2.45) is 0 Å². The maximum Gasteiger partial charge on any atom is 0.188 e. The van der Waals surface area contributed by atoms with Gasteiger partial charge in [0.2, 0.25) is 0 Å². The summed E-state index contributed by atoms with van der Waals surface area (Å²) in [6.45, 7) is 7.87. The highest BCUT2D eigenvalue weighted by Crippen LogP contribution is 2.45. The van der Waals surface area contributed by atoms with Gasteiger partial charge in [-0.05, 0) is 91.3 Å². The Kier molecular flexibility index (Phi) is 7.52. The standard InChI is InChI=1S/C53H32N4/c1-54-39-26-29-50-46(32-39)45-31-38(25-28-49(45)57(50)40-27-24-34-14-8-9-19-37(34)30-40)51-41-20-10-12-22-43(41)52(44-23-13-11-21-42(44)51)53-55-47(35-15-4-2-5-16-35)33-48(56-53)36-17-6-3-7-18-36/h2-33H. The molecule has 2 heterocycles. The van der Waals surface area contributed by atoms with Gasteiger partial charge < -0.3 is 4.57 Å². The average molecular weight is 725 g/mol. The fourth-order valence-corrected chi connectivity index (χ4v) is 8.58. The third kappa shape index (κ3) is 5.37. The number of hydrogen-bond donors (Lipinski definition) is 0. The van der Waals surface area contributed by atoms with E-state index in [-0.39, 0.29) is 0 Å². The van der Waals surface area contributed by atoms with Gasteiger partial charge in [0.1, 0.15) is 0 Å². The van der Waals surface area contributed by atoms with E-state index in [4.69, 9.17) is 16.5 Å². The van der Waals surface area contributed by atoms with Crippen LogP contribution in [-0.4, -0.2) is 14.5 Å². The summed E-state index contributed by atoms with van der Waals surface area (Å²) in [5.74, 6) is 0.690. The quantitative estimate of drug-likeness (QED) is 0.131. The molecular formula is C53H32N4. The molecule has 0 aliphatic carbocycles. The number of aromatic nitrogens is 3. The second kappa shape index (κ2) is 13.2. The maximum absolute atomic E-state index is 7.87. The molecule has 57 heavy (non-hydrogen) atoms. The summed E-state index contributed by atoms with van der Waals surface area (Å²) in [6, 6.07) is 68.0. The summed E-state index contributed by atoms with van der Waals surface area (Å²) in [5.41, 5.74) is 11.0. The summed E-state index contributed by atoms with van der Waals surface area (Å²) in [4.78, 5) is 14.4. The first-order valence-electron chi connectivity index (χ1n) is 19.1. The molecule has 4 nitrogen and oxygen atoms in total. The molecule has 0 saturated heterocycles. The number of nitrogens with zero attached hydrogens (tertiary/aromatic N) is 4. The lowest BCUT2D eigenvalue weighted by molar-refractivity contribution is 1.19. The molecule has 0 bridgehead atoms. The molecule has 0 aliphatic rings. The molecule has 0 amide bonds. The van der Waals surface area contributed by atoms with Crippen molar-refractivity contribution < 1.29 is 0 Å². The minimum Gasteiger partial charge on any atom is -0.309 e. The van der Waals surface area contributed by atoms with Gasteiger partial charge in [-0.25, -0.2) is 14.8 Å². The van der Waals surface area contributed by atoms with Gasteiger partial charge in [0, 0.05) is 27.8 Å². The molecule has 0 saturated carbocycles. The van der Waals surface area contributed by atoms with E-state index in [1.807, 2.05) is 24.3 Å². The molecule has 11 aromatic rings. The third-order valence-electron chi connectivity index (χ3n) is 11.2. The zero-order chi connectivity index (χ0) is 37.9. The lowest BCUT2D eigenvalue weighted by atomic mass is 9.87. The second-order valence-corrected chi connectivity index (χ2v) is 14.4. The van der Waals surface area contributed by atoms with Crippen LogP contribution in [0.1, 0.15) is 0 Å². The van der Waals surface area contributed by atoms with Crippen LogP contribution >= 0.6 is 0 Å². The smallest absolute Gasteiger partial charge is 0.188 e. The lowest BCUT2D eigenvalue weighted by Crippen LogP contribution is -1.98. The molecule has 0 radical (unpaired) electrons. The first kappa shape index (κ1) is 32.6. The van der Waals surface area contributed by atoms with Gasteiger partial charge in [-0.2, -0.15) is 0 Å². The molecule has 0 fully saturated rings. The second-order valence-electron chi connectivity index (χ2n) is 14.4. The maximum atomic E-state index is 7.87. The highest BCUT2D eigenvalue weighted by Gasteiger charge is 2.21. The molecule has 0 aliphatic heterocycles.